The molecule has 0 aromatic heterocycles. The largest absolute Gasteiger partial charge is 0.459 e. The van der Waals surface area contributed by atoms with Crippen LogP contribution in [0.3, 0.4) is 0 Å². The van der Waals surface area contributed by atoms with Crippen LogP contribution in [0.2, 0.25) is 0 Å². The number of hydrogen-bond donors (Lipinski definition) is 0. The molecule has 0 N–H and O–H groups in total. The van der Waals surface area contributed by atoms with Crippen LogP contribution in [-0.2, 0) is 9.53 Å². The van der Waals surface area contributed by atoms with E-state index < -0.39 is 0 Å². The highest BCUT2D eigenvalue weighted by Crippen LogP contribution is 2.16. The molecule has 0 aromatic rings. The van der Waals surface area contributed by atoms with E-state index in [0.717, 1.165) is 12.8 Å². The van der Waals surface area contributed by atoms with Gasteiger partial charge in [-0.05, 0) is 25.7 Å². The molecule has 0 heterocycles. The summed E-state index contributed by atoms with van der Waals surface area (Å²) in [5.74, 6) is -0.264. The molecular formula is C19H36O2. The van der Waals surface area contributed by atoms with Gasteiger partial charge in [0.15, 0.2) is 0 Å². The molecule has 0 spiro atoms. The average molecular weight is 296 g/mol. The van der Waals surface area contributed by atoms with E-state index in [1.165, 1.54) is 76.7 Å². The molecule has 0 radical (unpaired) electrons. The molecule has 124 valence electrons. The zero-order chi connectivity index (χ0) is 15.8. The molecule has 0 aliphatic heterocycles. The Morgan fingerprint density at radius 1 is 0.857 bits per heavy atom. The van der Waals surface area contributed by atoms with E-state index in [0.29, 0.717) is 0 Å². The molecule has 1 unspecified atom stereocenters. The Kier molecular flexibility index (Phi) is 15.0. The van der Waals surface area contributed by atoms with Crippen LogP contribution in [0, 0.1) is 0 Å². The van der Waals surface area contributed by atoms with E-state index in [2.05, 4.69) is 20.4 Å². The Hall–Kier alpha value is -0.790. The first kappa shape index (κ1) is 20.2. The van der Waals surface area contributed by atoms with Crippen molar-refractivity contribution in [3.05, 3.63) is 12.7 Å². The van der Waals surface area contributed by atoms with Crippen molar-refractivity contribution in [2.45, 2.75) is 103 Å². The van der Waals surface area contributed by atoms with Crippen molar-refractivity contribution in [3.63, 3.8) is 0 Å². The Labute approximate surface area is 132 Å². The van der Waals surface area contributed by atoms with E-state index in [1.807, 2.05) is 0 Å². The van der Waals surface area contributed by atoms with E-state index in [-0.39, 0.29) is 12.1 Å². The molecule has 0 rings (SSSR count). The third kappa shape index (κ3) is 13.9. The van der Waals surface area contributed by atoms with Crippen molar-refractivity contribution < 1.29 is 9.53 Å². The fourth-order valence-corrected chi connectivity index (χ4v) is 2.60. The average Bonchev–Trinajstić information content (AvgIpc) is 2.49. The molecule has 21 heavy (non-hydrogen) atoms. The van der Waals surface area contributed by atoms with Crippen molar-refractivity contribution in [2.24, 2.45) is 0 Å². The maximum Gasteiger partial charge on any atom is 0.330 e. The Balaban J connectivity index is 3.80. The summed E-state index contributed by atoms with van der Waals surface area (Å²) in [6.45, 7) is 7.96. The zero-order valence-electron chi connectivity index (χ0n) is 14.4. The van der Waals surface area contributed by atoms with Gasteiger partial charge < -0.3 is 4.74 Å². The standard InChI is InChI=1S/C19H36O2/c1-4-7-9-11-13-15-17-18(21-19(20)6-3)16-14-12-10-8-5-2/h6,18H,3-5,7-17H2,1-2H3. The molecule has 0 bridgehead atoms. The number of ether oxygens (including phenoxy) is 1. The van der Waals surface area contributed by atoms with Gasteiger partial charge in [0.25, 0.3) is 0 Å². The monoisotopic (exact) mass is 296 g/mol. The summed E-state index contributed by atoms with van der Waals surface area (Å²) in [4.78, 5) is 11.4. The third-order valence-corrected chi connectivity index (χ3v) is 3.96. The second-order valence-corrected chi connectivity index (χ2v) is 6.02. The quantitative estimate of drug-likeness (QED) is 0.204. The van der Waals surface area contributed by atoms with E-state index in [4.69, 9.17) is 4.74 Å². The number of carbonyl (C=O) groups is 1. The van der Waals surface area contributed by atoms with Gasteiger partial charge in [-0.25, -0.2) is 4.79 Å². The van der Waals surface area contributed by atoms with Crippen LogP contribution in [0.4, 0.5) is 0 Å². The van der Waals surface area contributed by atoms with E-state index >= 15 is 0 Å². The van der Waals surface area contributed by atoms with Gasteiger partial charge in [-0.15, -0.1) is 0 Å². The van der Waals surface area contributed by atoms with Crippen molar-refractivity contribution in [3.8, 4) is 0 Å². The smallest absolute Gasteiger partial charge is 0.330 e. The Morgan fingerprint density at radius 2 is 1.29 bits per heavy atom. The van der Waals surface area contributed by atoms with Crippen LogP contribution in [0.25, 0.3) is 0 Å². The van der Waals surface area contributed by atoms with Gasteiger partial charge in [0.05, 0.1) is 0 Å². The first-order chi connectivity index (χ1) is 10.2. The first-order valence-electron chi connectivity index (χ1n) is 9.07. The van der Waals surface area contributed by atoms with E-state index in [9.17, 15) is 4.79 Å². The Morgan fingerprint density at radius 3 is 1.71 bits per heavy atom. The number of rotatable bonds is 15. The lowest BCUT2D eigenvalue weighted by atomic mass is 10.0. The van der Waals surface area contributed by atoms with Crippen molar-refractivity contribution >= 4 is 5.97 Å². The molecule has 0 saturated carbocycles. The highest BCUT2D eigenvalue weighted by atomic mass is 16.5. The maximum atomic E-state index is 11.4. The molecule has 0 fully saturated rings. The third-order valence-electron chi connectivity index (χ3n) is 3.96. The van der Waals surface area contributed by atoms with Crippen LogP contribution >= 0.6 is 0 Å². The second-order valence-electron chi connectivity index (χ2n) is 6.02. The van der Waals surface area contributed by atoms with Gasteiger partial charge in [-0.2, -0.15) is 0 Å². The molecule has 0 aliphatic rings. The first-order valence-corrected chi connectivity index (χ1v) is 9.07. The van der Waals surface area contributed by atoms with Crippen LogP contribution in [0.5, 0.6) is 0 Å². The molecule has 2 nitrogen and oxygen atoms in total. The summed E-state index contributed by atoms with van der Waals surface area (Å²) in [5, 5.41) is 0. The maximum absolute atomic E-state index is 11.4. The van der Waals surface area contributed by atoms with Gasteiger partial charge in [0.1, 0.15) is 6.10 Å². The normalized spacial score (nSPS) is 12.1. The molecule has 0 aromatic carbocycles. The van der Waals surface area contributed by atoms with Crippen LogP contribution in [0.1, 0.15) is 97.3 Å². The van der Waals surface area contributed by atoms with Crippen LogP contribution < -0.4 is 0 Å². The van der Waals surface area contributed by atoms with E-state index in [1.54, 1.807) is 0 Å². The lowest BCUT2D eigenvalue weighted by Gasteiger charge is -2.17. The summed E-state index contributed by atoms with van der Waals surface area (Å²) in [6, 6.07) is 0. The van der Waals surface area contributed by atoms with Gasteiger partial charge in [-0.1, -0.05) is 78.2 Å². The predicted octanol–water partition coefficient (Wildman–Crippen LogP) is 6.20. The lowest BCUT2D eigenvalue weighted by molar-refractivity contribution is -0.143. The van der Waals surface area contributed by atoms with Gasteiger partial charge >= 0.3 is 5.97 Å². The second kappa shape index (κ2) is 15.6. The minimum atomic E-state index is -0.264. The summed E-state index contributed by atoms with van der Waals surface area (Å²) < 4.78 is 5.48. The van der Waals surface area contributed by atoms with Crippen molar-refractivity contribution in [2.75, 3.05) is 0 Å². The fourth-order valence-electron chi connectivity index (χ4n) is 2.60. The molecule has 0 amide bonds. The van der Waals surface area contributed by atoms with Crippen molar-refractivity contribution in [1.82, 2.24) is 0 Å². The van der Waals surface area contributed by atoms with Gasteiger partial charge in [0, 0.05) is 6.08 Å². The molecule has 2 heteroatoms. The number of hydrogen-bond acceptors (Lipinski definition) is 2. The minimum Gasteiger partial charge on any atom is -0.459 e. The lowest BCUT2D eigenvalue weighted by Crippen LogP contribution is -2.16. The van der Waals surface area contributed by atoms with Crippen LogP contribution in [-0.4, -0.2) is 12.1 Å². The molecular weight excluding hydrogens is 260 g/mol. The predicted molar refractivity (Wildman–Crippen MR) is 91.4 cm³/mol. The van der Waals surface area contributed by atoms with Gasteiger partial charge in [0.2, 0.25) is 0 Å². The zero-order valence-corrected chi connectivity index (χ0v) is 14.4. The fraction of sp³-hybridized carbons (Fsp3) is 0.842. The minimum absolute atomic E-state index is 0.100. The van der Waals surface area contributed by atoms with Gasteiger partial charge in [-0.3, -0.25) is 0 Å². The van der Waals surface area contributed by atoms with Crippen LogP contribution in [0.15, 0.2) is 12.7 Å². The summed E-state index contributed by atoms with van der Waals surface area (Å²) in [5.41, 5.74) is 0. The highest BCUT2D eigenvalue weighted by Gasteiger charge is 2.12. The summed E-state index contributed by atoms with van der Waals surface area (Å²) >= 11 is 0. The topological polar surface area (TPSA) is 26.3 Å². The number of unbranched alkanes of at least 4 members (excludes halogenated alkanes) is 9. The Bertz CT molecular complexity index is 248. The molecule has 0 saturated heterocycles. The SMILES string of the molecule is C=CC(=O)OC(CCCCCCC)CCCCCCCC. The van der Waals surface area contributed by atoms with Crippen molar-refractivity contribution in [1.29, 1.82) is 0 Å². The summed E-state index contributed by atoms with van der Waals surface area (Å²) in [6.07, 6.45) is 17.4. The number of carbonyl (C=O) groups excluding carboxylic acids is 1. The highest BCUT2D eigenvalue weighted by molar-refractivity contribution is 5.81. The number of esters is 1. The molecule has 0 aliphatic carbocycles. The summed E-state index contributed by atoms with van der Waals surface area (Å²) in [7, 11) is 0. The molecule has 1 atom stereocenters.